The Morgan fingerprint density at radius 3 is 2.26 bits per heavy atom. The second-order valence-corrected chi connectivity index (χ2v) is 6.34. The Kier molecular flexibility index (Phi) is 3.57. The van der Waals surface area contributed by atoms with Gasteiger partial charge in [0.15, 0.2) is 11.5 Å². The third-order valence-corrected chi connectivity index (χ3v) is 5.46. The number of hydrogen-bond acceptors (Lipinski definition) is 2. The van der Waals surface area contributed by atoms with Crippen molar-refractivity contribution in [1.29, 1.82) is 0 Å². The zero-order valence-electron chi connectivity index (χ0n) is 11.2. The van der Waals surface area contributed by atoms with Crippen LogP contribution < -0.4 is 9.47 Å². The van der Waals surface area contributed by atoms with Gasteiger partial charge in [0.25, 0.3) is 0 Å². The van der Waals surface area contributed by atoms with Gasteiger partial charge in [-0.05, 0) is 42.2 Å². The molecule has 104 valence electrons. The molecule has 0 spiro atoms. The van der Waals surface area contributed by atoms with Crippen LogP contribution in [0.4, 0.5) is 0 Å². The molecule has 2 nitrogen and oxygen atoms in total. The summed E-state index contributed by atoms with van der Waals surface area (Å²) in [6.45, 7) is 0. The highest BCUT2D eigenvalue weighted by Crippen LogP contribution is 2.64. The van der Waals surface area contributed by atoms with Gasteiger partial charge in [-0.1, -0.05) is 18.0 Å². The third kappa shape index (κ3) is 2.19. The molecule has 0 radical (unpaired) electrons. The zero-order chi connectivity index (χ0) is 13.6. The molecule has 1 aromatic carbocycles. The molecule has 1 aromatic rings. The fraction of sp³-hybridized carbons (Fsp3) is 0.600. The molecule has 0 heterocycles. The minimum Gasteiger partial charge on any atom is -0.493 e. The summed E-state index contributed by atoms with van der Waals surface area (Å²) in [4.78, 5) is 0. The molecule has 2 aliphatic rings. The molecule has 3 unspecified atom stereocenters. The number of methoxy groups -OCH3 is 2. The van der Waals surface area contributed by atoms with Crippen molar-refractivity contribution in [3.05, 3.63) is 22.7 Å². The Morgan fingerprint density at radius 1 is 1.11 bits per heavy atom. The summed E-state index contributed by atoms with van der Waals surface area (Å²) in [5.74, 6) is 3.55. The van der Waals surface area contributed by atoms with E-state index in [1.165, 1.54) is 19.3 Å². The average Bonchev–Trinajstić information content (AvgIpc) is 2.90. The largest absolute Gasteiger partial charge is 0.493 e. The molecule has 0 N–H and O–H groups in total. The number of rotatable bonds is 4. The Bertz CT molecular complexity index is 479. The highest BCUT2D eigenvalue weighted by atomic mass is 35.5. The van der Waals surface area contributed by atoms with Crippen molar-refractivity contribution in [2.24, 2.45) is 17.8 Å². The van der Waals surface area contributed by atoms with Crippen molar-refractivity contribution in [2.45, 2.75) is 24.6 Å². The number of hydrogen-bond donors (Lipinski definition) is 0. The lowest BCUT2D eigenvalue weighted by molar-refractivity contribution is 0.354. The van der Waals surface area contributed by atoms with Crippen LogP contribution in [0.1, 0.15) is 30.2 Å². The standard InChI is InChI=1S/C15H18Cl2O2/c1-18-12-6-10(11(16)7-13(12)19-2)15(17)14-8-4-3-5-9(8)14/h6-9,14-15H,3-5H2,1-2H3. The van der Waals surface area contributed by atoms with E-state index >= 15 is 0 Å². The molecule has 2 aliphatic carbocycles. The minimum absolute atomic E-state index is 0.0115. The summed E-state index contributed by atoms with van der Waals surface area (Å²) >= 11 is 13.0. The predicted molar refractivity (Wildman–Crippen MR) is 77.5 cm³/mol. The summed E-state index contributed by atoms with van der Waals surface area (Å²) in [6.07, 6.45) is 4.00. The van der Waals surface area contributed by atoms with Gasteiger partial charge in [0.05, 0.1) is 19.6 Å². The van der Waals surface area contributed by atoms with Gasteiger partial charge in [0.2, 0.25) is 0 Å². The first kappa shape index (κ1) is 13.4. The van der Waals surface area contributed by atoms with Crippen LogP contribution in [-0.4, -0.2) is 14.2 Å². The van der Waals surface area contributed by atoms with Gasteiger partial charge in [-0.25, -0.2) is 0 Å². The molecule has 0 aliphatic heterocycles. The molecule has 0 amide bonds. The Morgan fingerprint density at radius 2 is 1.68 bits per heavy atom. The minimum atomic E-state index is -0.0115. The van der Waals surface area contributed by atoms with E-state index in [0.717, 1.165) is 17.4 Å². The number of alkyl halides is 1. The van der Waals surface area contributed by atoms with Gasteiger partial charge < -0.3 is 9.47 Å². The van der Waals surface area contributed by atoms with Crippen molar-refractivity contribution in [2.75, 3.05) is 14.2 Å². The van der Waals surface area contributed by atoms with E-state index in [1.807, 2.05) is 6.07 Å². The SMILES string of the molecule is COc1cc(Cl)c(C(Cl)C2C3CCCC32)cc1OC. The molecule has 0 aromatic heterocycles. The molecular weight excluding hydrogens is 283 g/mol. The quantitative estimate of drug-likeness (QED) is 0.752. The van der Waals surface area contributed by atoms with E-state index in [2.05, 4.69) is 0 Å². The van der Waals surface area contributed by atoms with Crippen LogP contribution in [0.25, 0.3) is 0 Å². The van der Waals surface area contributed by atoms with Crippen LogP contribution in [0.15, 0.2) is 12.1 Å². The van der Waals surface area contributed by atoms with Crippen LogP contribution >= 0.6 is 23.2 Å². The molecular formula is C15H18Cl2O2. The molecule has 0 bridgehead atoms. The monoisotopic (exact) mass is 300 g/mol. The van der Waals surface area contributed by atoms with Crippen molar-refractivity contribution >= 4 is 23.2 Å². The van der Waals surface area contributed by atoms with Crippen LogP contribution in [0, 0.1) is 17.8 Å². The van der Waals surface area contributed by atoms with E-state index in [1.54, 1.807) is 20.3 Å². The van der Waals surface area contributed by atoms with Crippen LogP contribution in [0.2, 0.25) is 5.02 Å². The Balaban J connectivity index is 1.87. The molecule has 4 heteroatoms. The van der Waals surface area contributed by atoms with Crippen molar-refractivity contribution in [3.63, 3.8) is 0 Å². The zero-order valence-corrected chi connectivity index (χ0v) is 12.7. The molecule has 0 saturated heterocycles. The number of benzene rings is 1. The summed E-state index contributed by atoms with van der Waals surface area (Å²) in [5, 5.41) is 0.658. The first-order valence-electron chi connectivity index (χ1n) is 6.73. The van der Waals surface area contributed by atoms with E-state index in [9.17, 15) is 0 Å². The van der Waals surface area contributed by atoms with Gasteiger partial charge in [0.1, 0.15) is 0 Å². The number of fused-ring (bicyclic) bond motifs is 1. The lowest BCUT2D eigenvalue weighted by Crippen LogP contribution is -2.01. The summed E-state index contributed by atoms with van der Waals surface area (Å²) in [6, 6.07) is 3.72. The normalized spacial score (nSPS) is 29.8. The maximum atomic E-state index is 6.65. The van der Waals surface area contributed by atoms with E-state index < -0.39 is 0 Å². The summed E-state index contributed by atoms with van der Waals surface area (Å²) in [5.41, 5.74) is 0.973. The maximum Gasteiger partial charge on any atom is 0.162 e. The molecule has 2 fully saturated rings. The second-order valence-electron chi connectivity index (χ2n) is 5.47. The summed E-state index contributed by atoms with van der Waals surface area (Å²) < 4.78 is 10.6. The first-order chi connectivity index (χ1) is 9.17. The smallest absolute Gasteiger partial charge is 0.162 e. The average molecular weight is 301 g/mol. The number of ether oxygens (including phenoxy) is 2. The molecule has 19 heavy (non-hydrogen) atoms. The van der Waals surface area contributed by atoms with Crippen molar-refractivity contribution in [1.82, 2.24) is 0 Å². The first-order valence-corrected chi connectivity index (χ1v) is 7.54. The lowest BCUT2D eigenvalue weighted by Gasteiger charge is -2.16. The topological polar surface area (TPSA) is 18.5 Å². The number of halogens is 2. The summed E-state index contributed by atoms with van der Waals surface area (Å²) in [7, 11) is 3.24. The van der Waals surface area contributed by atoms with Crippen molar-refractivity contribution in [3.8, 4) is 11.5 Å². The van der Waals surface area contributed by atoms with E-state index in [0.29, 0.717) is 22.4 Å². The predicted octanol–water partition coefficient (Wildman–Crippen LogP) is 4.68. The fourth-order valence-corrected chi connectivity index (χ4v) is 4.48. The van der Waals surface area contributed by atoms with Crippen molar-refractivity contribution < 1.29 is 9.47 Å². The Hall–Kier alpha value is -0.600. The van der Waals surface area contributed by atoms with Crippen LogP contribution in [0.3, 0.4) is 0 Å². The second kappa shape index (κ2) is 5.06. The van der Waals surface area contributed by atoms with Gasteiger partial charge in [0, 0.05) is 11.1 Å². The lowest BCUT2D eigenvalue weighted by atomic mass is 10.0. The molecule has 3 rings (SSSR count). The van der Waals surface area contributed by atoms with E-state index in [-0.39, 0.29) is 5.38 Å². The third-order valence-electron chi connectivity index (χ3n) is 4.61. The van der Waals surface area contributed by atoms with Crippen LogP contribution in [0.5, 0.6) is 11.5 Å². The molecule has 3 atom stereocenters. The fourth-order valence-electron chi connectivity index (χ4n) is 3.60. The van der Waals surface area contributed by atoms with Gasteiger partial charge in [-0.3, -0.25) is 0 Å². The van der Waals surface area contributed by atoms with E-state index in [4.69, 9.17) is 32.7 Å². The van der Waals surface area contributed by atoms with Crippen LogP contribution in [-0.2, 0) is 0 Å². The maximum absolute atomic E-state index is 6.65. The Labute approximate surface area is 124 Å². The van der Waals surface area contributed by atoms with Gasteiger partial charge in [-0.2, -0.15) is 0 Å². The van der Waals surface area contributed by atoms with Gasteiger partial charge in [-0.15, -0.1) is 11.6 Å². The van der Waals surface area contributed by atoms with Gasteiger partial charge >= 0.3 is 0 Å². The highest BCUT2D eigenvalue weighted by Gasteiger charge is 2.56. The molecule has 2 saturated carbocycles. The highest BCUT2D eigenvalue weighted by molar-refractivity contribution is 6.33.